The maximum absolute atomic E-state index is 3.47. The van der Waals surface area contributed by atoms with Crippen molar-refractivity contribution in [1.82, 2.24) is 5.32 Å². The molecule has 0 fully saturated rings. The Morgan fingerprint density at radius 3 is 2.15 bits per heavy atom. The number of para-hydroxylation sites is 2. The topological polar surface area (TPSA) is 15.3 Å². The second-order valence-corrected chi connectivity index (χ2v) is 4.97. The lowest BCUT2D eigenvalue weighted by atomic mass is 9.95. The van der Waals surface area contributed by atoms with Crippen molar-refractivity contribution in [2.45, 2.75) is 20.3 Å². The fourth-order valence-corrected chi connectivity index (χ4v) is 2.84. The number of fused-ring (bicyclic) bond motifs is 2. The number of hydrogen-bond donors (Lipinski definition) is 1. The van der Waals surface area contributed by atoms with Crippen molar-refractivity contribution in [3.05, 3.63) is 71.6 Å². The number of allylic oxidation sites excluding steroid dienone is 1. The van der Waals surface area contributed by atoms with Gasteiger partial charge in [0.15, 0.2) is 0 Å². The predicted molar refractivity (Wildman–Crippen MR) is 87.4 cm³/mol. The van der Waals surface area contributed by atoms with E-state index in [1.165, 1.54) is 22.5 Å². The molecule has 20 heavy (non-hydrogen) atoms. The third kappa shape index (κ3) is 2.07. The molecule has 104 valence electrons. The van der Waals surface area contributed by atoms with E-state index in [9.17, 15) is 0 Å². The first-order valence-electron chi connectivity index (χ1n) is 7.21. The summed E-state index contributed by atoms with van der Waals surface area (Å²) in [5, 5.41) is 3.47. The lowest BCUT2D eigenvalue weighted by Gasteiger charge is -2.35. The van der Waals surface area contributed by atoms with Gasteiger partial charge in [-0.05, 0) is 43.2 Å². The number of rotatable bonds is 3. The molecule has 0 amide bonds. The van der Waals surface area contributed by atoms with Crippen molar-refractivity contribution in [1.29, 1.82) is 0 Å². The van der Waals surface area contributed by atoms with E-state index in [0.717, 1.165) is 18.8 Å². The summed E-state index contributed by atoms with van der Waals surface area (Å²) in [5.41, 5.74) is 5.31. The Kier molecular flexibility index (Phi) is 3.46. The van der Waals surface area contributed by atoms with E-state index in [1.54, 1.807) is 0 Å². The Balaban J connectivity index is 0.00000161. The molecule has 3 rings (SSSR count). The standard InChI is InChI=1S/C18H20N2.H2/c1-3-18(19-4-2)20-16-11-7-5-9-14(16)13-15-10-6-8-12-17(15)20;/h3,5-12,19H,4,13H2,1-2H3;1H/b18-3+;. The zero-order valence-corrected chi connectivity index (χ0v) is 12.1. The minimum absolute atomic E-state index is 0. The molecule has 0 aromatic heterocycles. The normalized spacial score (nSPS) is 13.7. The first-order chi connectivity index (χ1) is 9.85. The van der Waals surface area contributed by atoms with E-state index >= 15 is 0 Å². The van der Waals surface area contributed by atoms with E-state index < -0.39 is 0 Å². The van der Waals surface area contributed by atoms with Crippen LogP contribution in [0.25, 0.3) is 0 Å². The van der Waals surface area contributed by atoms with E-state index in [4.69, 9.17) is 0 Å². The van der Waals surface area contributed by atoms with Gasteiger partial charge in [-0.25, -0.2) is 0 Å². The van der Waals surface area contributed by atoms with Crippen LogP contribution in [-0.4, -0.2) is 6.54 Å². The highest BCUT2D eigenvalue weighted by Gasteiger charge is 2.23. The molecule has 1 aliphatic rings. The van der Waals surface area contributed by atoms with Crippen LogP contribution in [0.5, 0.6) is 0 Å². The lowest BCUT2D eigenvalue weighted by molar-refractivity contribution is 0.812. The minimum Gasteiger partial charge on any atom is -0.372 e. The van der Waals surface area contributed by atoms with Crippen LogP contribution in [0.15, 0.2) is 60.4 Å². The fraction of sp³-hybridized carbons (Fsp3) is 0.222. The lowest BCUT2D eigenvalue weighted by Crippen LogP contribution is -2.31. The van der Waals surface area contributed by atoms with Gasteiger partial charge >= 0.3 is 0 Å². The van der Waals surface area contributed by atoms with Gasteiger partial charge in [-0.15, -0.1) is 0 Å². The Labute approximate surface area is 122 Å². The number of nitrogens with zero attached hydrogens (tertiary/aromatic N) is 1. The number of anilines is 2. The molecule has 0 aliphatic carbocycles. The molecule has 1 heterocycles. The van der Waals surface area contributed by atoms with Gasteiger partial charge < -0.3 is 5.32 Å². The van der Waals surface area contributed by atoms with Crippen molar-refractivity contribution >= 4 is 11.4 Å². The average molecular weight is 266 g/mol. The van der Waals surface area contributed by atoms with Crippen molar-refractivity contribution in [2.75, 3.05) is 11.4 Å². The minimum atomic E-state index is 0. The molecule has 0 saturated heterocycles. The molecule has 2 nitrogen and oxygen atoms in total. The molecule has 0 bridgehead atoms. The van der Waals surface area contributed by atoms with Crippen molar-refractivity contribution < 1.29 is 1.43 Å². The van der Waals surface area contributed by atoms with Crippen LogP contribution >= 0.6 is 0 Å². The van der Waals surface area contributed by atoms with E-state index in [0.29, 0.717) is 0 Å². The summed E-state index contributed by atoms with van der Waals surface area (Å²) in [5.74, 6) is 1.15. The van der Waals surface area contributed by atoms with E-state index in [-0.39, 0.29) is 1.43 Å². The van der Waals surface area contributed by atoms with Crippen molar-refractivity contribution in [3.8, 4) is 0 Å². The van der Waals surface area contributed by atoms with E-state index in [2.05, 4.69) is 78.7 Å². The molecule has 2 aromatic rings. The molecule has 2 heteroatoms. The van der Waals surface area contributed by atoms with Crippen LogP contribution in [-0.2, 0) is 6.42 Å². The number of hydrogen-bond acceptors (Lipinski definition) is 2. The summed E-state index contributed by atoms with van der Waals surface area (Å²) in [6, 6.07) is 17.3. The molecular weight excluding hydrogens is 244 g/mol. The monoisotopic (exact) mass is 266 g/mol. The first kappa shape index (κ1) is 12.8. The maximum atomic E-state index is 3.47. The molecule has 1 aliphatic heterocycles. The molecule has 2 aromatic carbocycles. The van der Waals surface area contributed by atoms with Gasteiger partial charge in [0, 0.05) is 14.4 Å². The third-order valence-electron chi connectivity index (χ3n) is 3.72. The van der Waals surface area contributed by atoms with Gasteiger partial charge in [0.05, 0.1) is 11.4 Å². The summed E-state index contributed by atoms with van der Waals surface area (Å²) in [6.45, 7) is 5.13. The predicted octanol–water partition coefficient (Wildman–Crippen LogP) is 4.45. The maximum Gasteiger partial charge on any atom is 0.106 e. The Hall–Kier alpha value is -2.22. The quantitative estimate of drug-likeness (QED) is 0.883. The summed E-state index contributed by atoms with van der Waals surface area (Å²) in [6.07, 6.45) is 3.15. The highest BCUT2D eigenvalue weighted by atomic mass is 15.3. The zero-order valence-electron chi connectivity index (χ0n) is 12.1. The van der Waals surface area contributed by atoms with Crippen LogP contribution < -0.4 is 10.2 Å². The second kappa shape index (κ2) is 5.41. The van der Waals surface area contributed by atoms with Crippen molar-refractivity contribution in [3.63, 3.8) is 0 Å². The molecule has 1 N–H and O–H groups in total. The summed E-state index contributed by atoms with van der Waals surface area (Å²) < 4.78 is 0. The molecule has 0 unspecified atom stereocenters. The van der Waals surface area contributed by atoms with Gasteiger partial charge in [0.2, 0.25) is 0 Å². The molecule has 0 radical (unpaired) electrons. The average Bonchev–Trinajstić information content (AvgIpc) is 2.50. The van der Waals surface area contributed by atoms with Crippen LogP contribution in [0, 0.1) is 0 Å². The molecule has 0 spiro atoms. The Morgan fingerprint density at radius 2 is 1.65 bits per heavy atom. The van der Waals surface area contributed by atoms with Crippen LogP contribution in [0.2, 0.25) is 0 Å². The molecule has 0 saturated carbocycles. The summed E-state index contributed by atoms with van der Waals surface area (Å²) in [4.78, 5) is 2.33. The Bertz CT molecular complexity index is 604. The van der Waals surface area contributed by atoms with E-state index in [1.807, 2.05) is 0 Å². The highest BCUT2D eigenvalue weighted by molar-refractivity contribution is 5.77. The Morgan fingerprint density at radius 1 is 1.10 bits per heavy atom. The van der Waals surface area contributed by atoms with Gasteiger partial charge in [0.1, 0.15) is 5.82 Å². The van der Waals surface area contributed by atoms with Gasteiger partial charge in [-0.2, -0.15) is 0 Å². The molecule has 0 atom stereocenters. The molecular formula is C18H22N2. The smallest absolute Gasteiger partial charge is 0.106 e. The summed E-state index contributed by atoms with van der Waals surface area (Å²) in [7, 11) is 0. The SMILES string of the molecule is C/C=C(\NCC)N1c2ccccc2Cc2ccccc21.[HH]. The summed E-state index contributed by atoms with van der Waals surface area (Å²) >= 11 is 0. The van der Waals surface area contributed by atoms with Crippen molar-refractivity contribution in [2.24, 2.45) is 0 Å². The number of nitrogens with one attached hydrogen (secondary N) is 1. The third-order valence-corrected chi connectivity index (χ3v) is 3.72. The van der Waals surface area contributed by atoms with Crippen LogP contribution in [0.3, 0.4) is 0 Å². The first-order valence-corrected chi connectivity index (χ1v) is 7.21. The van der Waals surface area contributed by atoms with Crippen LogP contribution in [0.1, 0.15) is 26.4 Å². The second-order valence-electron chi connectivity index (χ2n) is 4.97. The highest BCUT2D eigenvalue weighted by Crippen LogP contribution is 2.40. The zero-order chi connectivity index (χ0) is 13.9. The number of benzene rings is 2. The van der Waals surface area contributed by atoms with Gasteiger partial charge in [0.25, 0.3) is 0 Å². The van der Waals surface area contributed by atoms with Gasteiger partial charge in [-0.1, -0.05) is 36.4 Å². The van der Waals surface area contributed by atoms with Gasteiger partial charge in [-0.3, -0.25) is 4.90 Å². The largest absolute Gasteiger partial charge is 0.372 e. The van der Waals surface area contributed by atoms with Crippen LogP contribution in [0.4, 0.5) is 11.4 Å². The fourth-order valence-electron chi connectivity index (χ4n) is 2.84.